The van der Waals surface area contributed by atoms with Crippen LogP contribution in [0.4, 0.5) is 0 Å². The zero-order chi connectivity index (χ0) is 12.3. The molecule has 2 rings (SSSR count). The van der Waals surface area contributed by atoms with Crippen LogP contribution in [0.2, 0.25) is 0 Å². The number of rotatable bonds is 4. The van der Waals surface area contributed by atoms with E-state index in [1.165, 1.54) is 0 Å². The lowest BCUT2D eigenvalue weighted by atomic mass is 9.98. The van der Waals surface area contributed by atoms with Crippen LogP contribution in [0.1, 0.15) is 13.8 Å². The van der Waals surface area contributed by atoms with Crippen molar-refractivity contribution in [2.75, 3.05) is 12.4 Å². The molecule has 0 N–H and O–H groups in total. The molecule has 2 aromatic rings. The summed E-state index contributed by atoms with van der Waals surface area (Å²) in [6.07, 6.45) is 1.77. The van der Waals surface area contributed by atoms with Gasteiger partial charge in [0.2, 0.25) is 0 Å². The van der Waals surface area contributed by atoms with E-state index in [0.717, 1.165) is 22.4 Å². The van der Waals surface area contributed by atoms with Gasteiger partial charge in [0.15, 0.2) is 0 Å². The van der Waals surface area contributed by atoms with Crippen LogP contribution in [0.15, 0.2) is 36.5 Å². The number of benzene rings is 1. The van der Waals surface area contributed by atoms with Crippen LogP contribution in [0.3, 0.4) is 0 Å². The summed E-state index contributed by atoms with van der Waals surface area (Å²) < 4.78 is 5.76. The first kappa shape index (κ1) is 12.2. The van der Waals surface area contributed by atoms with Crippen LogP contribution in [0, 0.1) is 5.41 Å². The molecule has 0 amide bonds. The number of hydrogen-bond acceptors (Lipinski definition) is 3. The average molecular weight is 247 g/mol. The van der Waals surface area contributed by atoms with Gasteiger partial charge >= 0.3 is 0 Å². The zero-order valence-electron chi connectivity index (χ0n) is 10.2. The Morgan fingerprint density at radius 3 is 2.82 bits per heavy atom. The van der Waals surface area contributed by atoms with Gasteiger partial charge in [-0.05, 0) is 17.9 Å². The quantitative estimate of drug-likeness (QED) is 0.834. The van der Waals surface area contributed by atoms with Crippen molar-refractivity contribution >= 4 is 23.5 Å². The van der Waals surface area contributed by atoms with Gasteiger partial charge in [-0.15, -0.1) is 0 Å². The van der Waals surface area contributed by atoms with Crippen molar-refractivity contribution in [3.8, 4) is 5.75 Å². The minimum absolute atomic E-state index is 0.0781. The van der Waals surface area contributed by atoms with Crippen molar-refractivity contribution in [2.45, 2.75) is 13.8 Å². The van der Waals surface area contributed by atoms with E-state index in [2.05, 4.69) is 31.5 Å². The largest absolute Gasteiger partial charge is 0.491 e. The number of nitrogens with zero attached hydrogens (tertiary/aromatic N) is 1. The molecule has 0 aliphatic rings. The van der Waals surface area contributed by atoms with Gasteiger partial charge in [0.25, 0.3) is 0 Å². The van der Waals surface area contributed by atoms with Crippen molar-refractivity contribution in [2.24, 2.45) is 5.41 Å². The Morgan fingerprint density at radius 2 is 2.06 bits per heavy atom. The Balaban J connectivity index is 2.14. The van der Waals surface area contributed by atoms with E-state index in [4.69, 9.17) is 4.74 Å². The molecule has 0 aliphatic heterocycles. The third-order valence-corrected chi connectivity index (χ3v) is 3.48. The predicted octanol–water partition coefficient (Wildman–Crippen LogP) is 3.57. The van der Waals surface area contributed by atoms with Crippen molar-refractivity contribution in [3.05, 3.63) is 36.5 Å². The van der Waals surface area contributed by atoms with Crippen molar-refractivity contribution in [1.29, 1.82) is 0 Å². The Labute approximate surface area is 107 Å². The molecule has 1 aromatic carbocycles. The van der Waals surface area contributed by atoms with E-state index in [9.17, 15) is 0 Å². The lowest BCUT2D eigenvalue weighted by Crippen LogP contribution is -2.23. The topological polar surface area (TPSA) is 22.1 Å². The van der Waals surface area contributed by atoms with Crippen LogP contribution < -0.4 is 4.74 Å². The van der Waals surface area contributed by atoms with E-state index in [1.54, 1.807) is 6.20 Å². The minimum atomic E-state index is 0.0781. The fraction of sp³-hybridized carbons (Fsp3) is 0.357. The molecule has 2 nitrogen and oxygen atoms in total. The monoisotopic (exact) mass is 247 g/mol. The third kappa shape index (κ3) is 3.13. The number of para-hydroxylation sites is 1. The molecular formula is C14H17NOS. The number of pyridine rings is 1. The third-order valence-electron chi connectivity index (χ3n) is 2.62. The van der Waals surface area contributed by atoms with Crippen LogP contribution in [0.25, 0.3) is 10.9 Å². The first-order chi connectivity index (χ1) is 8.11. The molecule has 0 saturated carbocycles. The Kier molecular flexibility index (Phi) is 3.57. The van der Waals surface area contributed by atoms with Crippen LogP contribution >= 0.6 is 12.6 Å². The summed E-state index contributed by atoms with van der Waals surface area (Å²) in [4.78, 5) is 4.36. The second-order valence-electron chi connectivity index (χ2n) is 4.97. The second kappa shape index (κ2) is 4.96. The molecule has 0 aliphatic carbocycles. The zero-order valence-corrected chi connectivity index (χ0v) is 11.1. The molecule has 0 fully saturated rings. The minimum Gasteiger partial charge on any atom is -0.491 e. The van der Waals surface area contributed by atoms with Gasteiger partial charge in [-0.25, -0.2) is 0 Å². The van der Waals surface area contributed by atoms with Crippen LogP contribution in [-0.4, -0.2) is 17.3 Å². The summed E-state index contributed by atoms with van der Waals surface area (Å²) in [6.45, 7) is 4.92. The summed E-state index contributed by atoms with van der Waals surface area (Å²) in [5.74, 6) is 1.62. The standard InChI is InChI=1S/C14H17NOS/c1-14(2,10-17)9-16-12-7-11-5-3-4-6-13(11)15-8-12/h3-8,17H,9-10H2,1-2H3. The van der Waals surface area contributed by atoms with Gasteiger partial charge in [0.1, 0.15) is 5.75 Å². The lowest BCUT2D eigenvalue weighted by molar-refractivity contribution is 0.202. The molecule has 0 radical (unpaired) electrons. The van der Waals surface area contributed by atoms with Gasteiger partial charge in [0, 0.05) is 10.8 Å². The molecule has 0 saturated heterocycles. The van der Waals surface area contributed by atoms with Gasteiger partial charge < -0.3 is 4.74 Å². The summed E-state index contributed by atoms with van der Waals surface area (Å²) in [7, 11) is 0. The second-order valence-corrected chi connectivity index (χ2v) is 5.29. The molecule has 0 spiro atoms. The number of ether oxygens (including phenoxy) is 1. The van der Waals surface area contributed by atoms with E-state index >= 15 is 0 Å². The summed E-state index contributed by atoms with van der Waals surface area (Å²) in [5, 5.41) is 1.11. The highest BCUT2D eigenvalue weighted by Gasteiger charge is 2.16. The van der Waals surface area contributed by atoms with Gasteiger partial charge in [-0.3, -0.25) is 4.98 Å². The van der Waals surface area contributed by atoms with Gasteiger partial charge in [-0.1, -0.05) is 32.0 Å². The SMILES string of the molecule is CC(C)(CS)COc1cnc2ccccc2c1. The highest BCUT2D eigenvalue weighted by Crippen LogP contribution is 2.22. The van der Waals surface area contributed by atoms with Gasteiger partial charge in [-0.2, -0.15) is 12.6 Å². The summed E-state index contributed by atoms with van der Waals surface area (Å²) >= 11 is 4.31. The lowest BCUT2D eigenvalue weighted by Gasteiger charge is -2.22. The van der Waals surface area contributed by atoms with Crippen molar-refractivity contribution in [1.82, 2.24) is 4.98 Å². The Morgan fingerprint density at radius 1 is 1.29 bits per heavy atom. The molecular weight excluding hydrogens is 230 g/mol. The van der Waals surface area contributed by atoms with Crippen LogP contribution in [0.5, 0.6) is 5.75 Å². The highest BCUT2D eigenvalue weighted by molar-refractivity contribution is 7.80. The molecule has 1 heterocycles. The van der Waals surface area contributed by atoms with E-state index in [-0.39, 0.29) is 5.41 Å². The summed E-state index contributed by atoms with van der Waals surface area (Å²) in [5.41, 5.74) is 1.07. The predicted molar refractivity (Wildman–Crippen MR) is 74.9 cm³/mol. The van der Waals surface area contributed by atoms with Crippen LogP contribution in [-0.2, 0) is 0 Å². The van der Waals surface area contributed by atoms with Crippen molar-refractivity contribution in [3.63, 3.8) is 0 Å². The fourth-order valence-electron chi connectivity index (χ4n) is 1.45. The van der Waals surface area contributed by atoms with Gasteiger partial charge in [0.05, 0.1) is 18.3 Å². The highest BCUT2D eigenvalue weighted by atomic mass is 32.1. The first-order valence-electron chi connectivity index (χ1n) is 5.69. The Bertz CT molecular complexity index is 510. The first-order valence-corrected chi connectivity index (χ1v) is 6.32. The number of aromatic nitrogens is 1. The maximum Gasteiger partial charge on any atom is 0.138 e. The van der Waals surface area contributed by atoms with Crippen molar-refractivity contribution < 1.29 is 4.74 Å². The molecule has 0 unspecified atom stereocenters. The molecule has 3 heteroatoms. The average Bonchev–Trinajstić information content (AvgIpc) is 2.36. The normalized spacial score (nSPS) is 11.7. The molecule has 90 valence electrons. The number of thiol groups is 1. The molecule has 0 atom stereocenters. The van der Waals surface area contributed by atoms with E-state index in [0.29, 0.717) is 6.61 Å². The Hall–Kier alpha value is -1.22. The number of hydrogen-bond donors (Lipinski definition) is 1. The molecule has 1 aromatic heterocycles. The molecule has 17 heavy (non-hydrogen) atoms. The maximum atomic E-state index is 5.76. The van der Waals surface area contributed by atoms with E-state index < -0.39 is 0 Å². The fourth-order valence-corrected chi connectivity index (χ4v) is 1.55. The maximum absolute atomic E-state index is 5.76. The number of fused-ring (bicyclic) bond motifs is 1. The smallest absolute Gasteiger partial charge is 0.138 e. The van der Waals surface area contributed by atoms with E-state index in [1.807, 2.05) is 30.3 Å². The molecule has 0 bridgehead atoms. The summed E-state index contributed by atoms with van der Waals surface area (Å²) in [6, 6.07) is 10.1.